The van der Waals surface area contributed by atoms with Crippen molar-refractivity contribution in [3.63, 3.8) is 0 Å². The van der Waals surface area contributed by atoms with Crippen LogP contribution in [0.4, 0.5) is 0 Å². The Hall–Kier alpha value is -1.90. The summed E-state index contributed by atoms with van der Waals surface area (Å²) in [7, 11) is 0. The fourth-order valence-electron chi connectivity index (χ4n) is 1.83. The summed E-state index contributed by atoms with van der Waals surface area (Å²) in [5.74, 6) is 0. The number of aromatic nitrogens is 2. The van der Waals surface area contributed by atoms with Gasteiger partial charge in [-0.15, -0.1) is 0 Å². The van der Waals surface area contributed by atoms with E-state index in [9.17, 15) is 0 Å². The van der Waals surface area contributed by atoms with Crippen molar-refractivity contribution in [1.29, 1.82) is 0 Å². The summed E-state index contributed by atoms with van der Waals surface area (Å²) in [5.41, 5.74) is 3.24. The second-order valence-corrected chi connectivity index (χ2v) is 4.38. The molecule has 0 saturated carbocycles. The van der Waals surface area contributed by atoms with Crippen LogP contribution in [0.2, 0.25) is 0 Å². The third-order valence-electron chi connectivity index (χ3n) is 3.14. The summed E-state index contributed by atoms with van der Waals surface area (Å²) < 4.78 is 0. The van der Waals surface area contributed by atoms with Crippen molar-refractivity contribution in [2.75, 3.05) is 0 Å². The highest BCUT2D eigenvalue weighted by molar-refractivity contribution is 6.14. The zero-order valence-electron chi connectivity index (χ0n) is 11.1. The SMILES string of the molecule is C/C=C(\C=NC(C)CC)c1ccnc2[nH]ccc12. The lowest BCUT2D eigenvalue weighted by atomic mass is 10.0. The van der Waals surface area contributed by atoms with Gasteiger partial charge in [-0.3, -0.25) is 4.99 Å². The maximum Gasteiger partial charge on any atom is 0.137 e. The highest BCUT2D eigenvalue weighted by Crippen LogP contribution is 2.22. The molecule has 2 rings (SSSR count). The van der Waals surface area contributed by atoms with Crippen LogP contribution in [0.25, 0.3) is 16.6 Å². The average Bonchev–Trinajstić information content (AvgIpc) is 2.88. The molecular formula is C15H19N3. The predicted molar refractivity (Wildman–Crippen MR) is 78.0 cm³/mol. The smallest absolute Gasteiger partial charge is 0.137 e. The van der Waals surface area contributed by atoms with E-state index < -0.39 is 0 Å². The van der Waals surface area contributed by atoms with Crippen LogP contribution in [0.1, 0.15) is 32.8 Å². The molecule has 1 N–H and O–H groups in total. The molecule has 0 bridgehead atoms. The van der Waals surface area contributed by atoms with Gasteiger partial charge in [-0.25, -0.2) is 4.98 Å². The summed E-state index contributed by atoms with van der Waals surface area (Å²) in [5, 5.41) is 1.14. The first-order chi connectivity index (χ1) is 8.76. The molecule has 0 aliphatic rings. The van der Waals surface area contributed by atoms with Gasteiger partial charge in [0, 0.05) is 30.0 Å². The fourth-order valence-corrected chi connectivity index (χ4v) is 1.83. The molecule has 18 heavy (non-hydrogen) atoms. The Morgan fingerprint density at radius 1 is 1.50 bits per heavy atom. The Bertz CT molecular complexity index is 578. The number of pyridine rings is 1. The van der Waals surface area contributed by atoms with Crippen molar-refractivity contribution in [3.05, 3.63) is 36.2 Å². The molecule has 0 spiro atoms. The van der Waals surface area contributed by atoms with E-state index in [1.165, 1.54) is 5.56 Å². The quantitative estimate of drug-likeness (QED) is 0.812. The van der Waals surface area contributed by atoms with E-state index in [0.29, 0.717) is 6.04 Å². The largest absolute Gasteiger partial charge is 0.346 e. The molecule has 0 fully saturated rings. The number of nitrogens with one attached hydrogen (secondary N) is 1. The van der Waals surface area contributed by atoms with Crippen LogP contribution in [0, 0.1) is 0 Å². The topological polar surface area (TPSA) is 41.0 Å². The van der Waals surface area contributed by atoms with Crippen molar-refractivity contribution in [1.82, 2.24) is 9.97 Å². The molecule has 3 heteroatoms. The lowest BCUT2D eigenvalue weighted by Gasteiger charge is -2.05. The number of aromatic amines is 1. The zero-order valence-corrected chi connectivity index (χ0v) is 11.1. The number of H-pyrrole nitrogens is 1. The van der Waals surface area contributed by atoms with Gasteiger partial charge in [-0.05, 0) is 43.5 Å². The minimum atomic E-state index is 0.364. The molecular weight excluding hydrogens is 222 g/mol. The van der Waals surface area contributed by atoms with Crippen LogP contribution in [0.15, 0.2) is 35.6 Å². The fraction of sp³-hybridized carbons (Fsp3) is 0.333. The molecule has 0 aliphatic heterocycles. The third-order valence-corrected chi connectivity index (χ3v) is 3.14. The minimum absolute atomic E-state index is 0.364. The summed E-state index contributed by atoms with van der Waals surface area (Å²) in [6.45, 7) is 6.31. The predicted octanol–water partition coefficient (Wildman–Crippen LogP) is 3.84. The molecule has 0 aromatic carbocycles. The zero-order chi connectivity index (χ0) is 13.0. The van der Waals surface area contributed by atoms with Crippen molar-refractivity contribution in [2.24, 2.45) is 4.99 Å². The molecule has 0 amide bonds. The van der Waals surface area contributed by atoms with Crippen molar-refractivity contribution >= 4 is 22.8 Å². The van der Waals surface area contributed by atoms with Gasteiger partial charge in [-0.1, -0.05) is 13.0 Å². The molecule has 1 unspecified atom stereocenters. The standard InChI is InChI=1S/C15H19N3/c1-4-11(3)18-10-12(5-2)13-6-8-16-15-14(13)7-9-17-15/h5-11H,4H2,1-3H3,(H,16,17)/b12-5+,18-10?. The Labute approximate surface area is 108 Å². The molecule has 2 heterocycles. The summed E-state index contributed by atoms with van der Waals surface area (Å²) in [6, 6.07) is 4.45. The van der Waals surface area contributed by atoms with E-state index in [4.69, 9.17) is 0 Å². The minimum Gasteiger partial charge on any atom is -0.346 e. The number of hydrogen-bond donors (Lipinski definition) is 1. The van der Waals surface area contributed by atoms with Crippen LogP contribution >= 0.6 is 0 Å². The Morgan fingerprint density at radius 2 is 2.33 bits per heavy atom. The van der Waals surface area contributed by atoms with Gasteiger partial charge in [0.15, 0.2) is 0 Å². The highest BCUT2D eigenvalue weighted by atomic mass is 14.8. The van der Waals surface area contributed by atoms with E-state index in [2.05, 4.69) is 41.0 Å². The van der Waals surface area contributed by atoms with Crippen LogP contribution in [0.3, 0.4) is 0 Å². The van der Waals surface area contributed by atoms with Gasteiger partial charge >= 0.3 is 0 Å². The highest BCUT2D eigenvalue weighted by Gasteiger charge is 2.05. The molecule has 94 valence electrons. The van der Waals surface area contributed by atoms with Gasteiger partial charge in [0.05, 0.1) is 0 Å². The number of fused-ring (bicyclic) bond motifs is 1. The first-order valence-electron chi connectivity index (χ1n) is 6.38. The van der Waals surface area contributed by atoms with Crippen LogP contribution < -0.4 is 0 Å². The molecule has 2 aromatic rings. The van der Waals surface area contributed by atoms with Crippen LogP contribution in [-0.2, 0) is 0 Å². The summed E-state index contributed by atoms with van der Waals surface area (Å²) in [4.78, 5) is 12.0. The van der Waals surface area contributed by atoms with E-state index >= 15 is 0 Å². The second kappa shape index (κ2) is 5.63. The lowest BCUT2D eigenvalue weighted by Crippen LogP contribution is -1.96. The number of allylic oxidation sites excluding steroid dienone is 2. The Balaban J connectivity index is 2.39. The van der Waals surface area contributed by atoms with Crippen LogP contribution in [0.5, 0.6) is 0 Å². The van der Waals surface area contributed by atoms with Gasteiger partial charge in [0.2, 0.25) is 0 Å². The molecule has 0 saturated heterocycles. The van der Waals surface area contributed by atoms with Crippen LogP contribution in [-0.4, -0.2) is 22.2 Å². The van der Waals surface area contributed by atoms with E-state index in [1.807, 2.05) is 31.6 Å². The molecule has 0 radical (unpaired) electrons. The van der Waals surface area contributed by atoms with E-state index in [-0.39, 0.29) is 0 Å². The van der Waals surface area contributed by atoms with Gasteiger partial charge in [0.25, 0.3) is 0 Å². The van der Waals surface area contributed by atoms with Gasteiger partial charge < -0.3 is 4.98 Å². The number of rotatable bonds is 4. The third kappa shape index (κ3) is 2.50. The lowest BCUT2D eigenvalue weighted by molar-refractivity contribution is 0.721. The Kier molecular flexibility index (Phi) is 3.92. The Morgan fingerprint density at radius 3 is 3.06 bits per heavy atom. The van der Waals surface area contributed by atoms with E-state index in [0.717, 1.165) is 23.0 Å². The number of nitrogens with zero attached hydrogens (tertiary/aromatic N) is 2. The average molecular weight is 241 g/mol. The molecule has 1 atom stereocenters. The summed E-state index contributed by atoms with van der Waals surface area (Å²) in [6.07, 6.45) is 8.86. The number of hydrogen-bond acceptors (Lipinski definition) is 2. The molecule has 0 aliphatic carbocycles. The first-order valence-corrected chi connectivity index (χ1v) is 6.38. The van der Waals surface area contributed by atoms with Gasteiger partial charge in [0.1, 0.15) is 5.65 Å². The molecule has 2 aromatic heterocycles. The van der Waals surface area contributed by atoms with Gasteiger partial charge in [-0.2, -0.15) is 0 Å². The van der Waals surface area contributed by atoms with E-state index in [1.54, 1.807) is 0 Å². The van der Waals surface area contributed by atoms with Crippen molar-refractivity contribution in [2.45, 2.75) is 33.2 Å². The van der Waals surface area contributed by atoms with Crippen molar-refractivity contribution in [3.8, 4) is 0 Å². The second-order valence-electron chi connectivity index (χ2n) is 4.38. The maximum absolute atomic E-state index is 4.56. The normalized spacial score (nSPS) is 14.5. The monoisotopic (exact) mass is 241 g/mol. The molecule has 3 nitrogen and oxygen atoms in total. The first kappa shape index (κ1) is 12.6. The van der Waals surface area contributed by atoms with Crippen molar-refractivity contribution < 1.29 is 0 Å². The number of aliphatic imine (C=N–C) groups is 1. The maximum atomic E-state index is 4.56. The summed E-state index contributed by atoms with van der Waals surface area (Å²) >= 11 is 0.